The lowest BCUT2D eigenvalue weighted by Crippen LogP contribution is -2.45. The van der Waals surface area contributed by atoms with Crippen molar-refractivity contribution in [3.05, 3.63) is 27.7 Å². The van der Waals surface area contributed by atoms with Crippen molar-refractivity contribution in [3.8, 4) is 0 Å². The Labute approximate surface area is 120 Å². The standard InChI is InChI=1S/C11H14BrClN2O2S/c12-10-6-9(3-4-11(10)13)18(16,17)15-8-2-1-5-14-7-8/h3-4,6,8,14-15H,1-2,5,7H2/t8-/m1/s1. The third-order valence-electron chi connectivity index (χ3n) is 2.82. The molecule has 1 aromatic carbocycles. The van der Waals surface area contributed by atoms with E-state index in [2.05, 4.69) is 26.0 Å². The first-order chi connectivity index (χ1) is 8.49. The zero-order valence-corrected chi connectivity index (χ0v) is 12.8. The lowest BCUT2D eigenvalue weighted by Gasteiger charge is -2.23. The van der Waals surface area contributed by atoms with Gasteiger partial charge in [0.25, 0.3) is 0 Å². The SMILES string of the molecule is O=S(=O)(N[C@@H]1CCCNC1)c1ccc(Cl)c(Br)c1. The Balaban J connectivity index is 2.16. The maximum Gasteiger partial charge on any atom is 0.240 e. The molecule has 1 fully saturated rings. The second kappa shape index (κ2) is 5.88. The zero-order valence-electron chi connectivity index (χ0n) is 9.62. The number of nitrogens with one attached hydrogen (secondary N) is 2. The number of halogens is 2. The van der Waals surface area contributed by atoms with E-state index in [0.717, 1.165) is 19.4 Å². The van der Waals surface area contributed by atoms with Crippen LogP contribution in [0.3, 0.4) is 0 Å². The normalized spacial score (nSPS) is 20.9. The molecule has 0 aliphatic carbocycles. The van der Waals surface area contributed by atoms with Crippen molar-refractivity contribution < 1.29 is 8.42 Å². The molecule has 1 atom stereocenters. The van der Waals surface area contributed by atoms with Gasteiger partial charge in [-0.05, 0) is 53.5 Å². The highest BCUT2D eigenvalue weighted by Gasteiger charge is 2.22. The number of hydrogen-bond donors (Lipinski definition) is 2. The summed E-state index contributed by atoms with van der Waals surface area (Å²) in [5.74, 6) is 0. The average molecular weight is 354 g/mol. The minimum atomic E-state index is -3.48. The molecular formula is C11H14BrClN2O2S. The molecule has 1 aliphatic rings. The fourth-order valence-corrected chi connectivity index (χ4v) is 3.83. The molecule has 0 aromatic heterocycles. The van der Waals surface area contributed by atoms with Gasteiger partial charge < -0.3 is 5.32 Å². The largest absolute Gasteiger partial charge is 0.315 e. The van der Waals surface area contributed by atoms with Gasteiger partial charge in [-0.1, -0.05) is 11.6 Å². The fraction of sp³-hybridized carbons (Fsp3) is 0.455. The Morgan fingerprint density at radius 1 is 1.44 bits per heavy atom. The third-order valence-corrected chi connectivity index (χ3v) is 5.55. The van der Waals surface area contributed by atoms with Crippen LogP contribution in [0.1, 0.15) is 12.8 Å². The van der Waals surface area contributed by atoms with Crippen LogP contribution in [-0.4, -0.2) is 27.5 Å². The van der Waals surface area contributed by atoms with Gasteiger partial charge in [0.15, 0.2) is 0 Å². The van der Waals surface area contributed by atoms with Gasteiger partial charge in [0, 0.05) is 17.1 Å². The number of sulfonamides is 1. The maximum absolute atomic E-state index is 12.2. The summed E-state index contributed by atoms with van der Waals surface area (Å²) in [5.41, 5.74) is 0. The minimum absolute atomic E-state index is 0.0433. The molecule has 0 spiro atoms. The first kappa shape index (κ1) is 14.3. The monoisotopic (exact) mass is 352 g/mol. The van der Waals surface area contributed by atoms with E-state index in [0.29, 0.717) is 16.0 Å². The van der Waals surface area contributed by atoms with E-state index >= 15 is 0 Å². The van der Waals surface area contributed by atoms with Crippen molar-refractivity contribution in [2.45, 2.75) is 23.8 Å². The average Bonchev–Trinajstić information content (AvgIpc) is 2.33. The Morgan fingerprint density at radius 2 is 2.22 bits per heavy atom. The van der Waals surface area contributed by atoms with Crippen LogP contribution in [0.5, 0.6) is 0 Å². The van der Waals surface area contributed by atoms with E-state index in [1.54, 1.807) is 6.07 Å². The predicted octanol–water partition coefficient (Wildman–Crippen LogP) is 2.13. The summed E-state index contributed by atoms with van der Waals surface area (Å²) in [6.45, 7) is 1.62. The minimum Gasteiger partial charge on any atom is -0.315 e. The molecule has 0 unspecified atom stereocenters. The molecule has 1 saturated heterocycles. The molecule has 1 aromatic rings. The number of rotatable bonds is 3. The van der Waals surface area contributed by atoms with Gasteiger partial charge in [0.1, 0.15) is 0 Å². The second-order valence-electron chi connectivity index (χ2n) is 4.24. The summed E-state index contributed by atoms with van der Waals surface area (Å²) in [7, 11) is -3.48. The van der Waals surface area contributed by atoms with Gasteiger partial charge >= 0.3 is 0 Å². The second-order valence-corrected chi connectivity index (χ2v) is 7.22. The summed E-state index contributed by atoms with van der Waals surface area (Å²) in [6, 6.07) is 4.55. The highest BCUT2D eigenvalue weighted by atomic mass is 79.9. The molecule has 0 amide bonds. The third kappa shape index (κ3) is 3.45. The first-order valence-electron chi connectivity index (χ1n) is 5.67. The molecule has 0 saturated carbocycles. The summed E-state index contributed by atoms with van der Waals surface area (Å²) in [5, 5.41) is 3.67. The highest BCUT2D eigenvalue weighted by Crippen LogP contribution is 2.25. The van der Waals surface area contributed by atoms with Crippen LogP contribution in [-0.2, 0) is 10.0 Å². The molecular weight excluding hydrogens is 340 g/mol. The molecule has 4 nitrogen and oxygen atoms in total. The van der Waals surface area contributed by atoms with Gasteiger partial charge in [-0.15, -0.1) is 0 Å². The molecule has 7 heteroatoms. The van der Waals surface area contributed by atoms with Crippen molar-refractivity contribution in [2.75, 3.05) is 13.1 Å². The highest BCUT2D eigenvalue weighted by molar-refractivity contribution is 9.10. The summed E-state index contributed by atoms with van der Waals surface area (Å²) >= 11 is 9.08. The van der Waals surface area contributed by atoms with Crippen molar-refractivity contribution in [2.24, 2.45) is 0 Å². The summed E-state index contributed by atoms with van der Waals surface area (Å²) in [6.07, 6.45) is 1.85. The van der Waals surface area contributed by atoms with E-state index in [9.17, 15) is 8.42 Å². The number of benzene rings is 1. The van der Waals surface area contributed by atoms with Crippen LogP contribution in [0.25, 0.3) is 0 Å². The van der Waals surface area contributed by atoms with Crippen LogP contribution in [0.2, 0.25) is 5.02 Å². The Hall–Kier alpha value is -0.140. The van der Waals surface area contributed by atoms with Crippen LogP contribution >= 0.6 is 27.5 Å². The Bertz CT molecular complexity index is 530. The van der Waals surface area contributed by atoms with Crippen molar-refractivity contribution in [1.29, 1.82) is 0 Å². The quantitative estimate of drug-likeness (QED) is 0.875. The molecule has 0 bridgehead atoms. The van der Waals surface area contributed by atoms with E-state index in [-0.39, 0.29) is 10.9 Å². The molecule has 100 valence electrons. The smallest absolute Gasteiger partial charge is 0.240 e. The maximum atomic E-state index is 12.2. The molecule has 2 N–H and O–H groups in total. The van der Waals surface area contributed by atoms with Crippen molar-refractivity contribution >= 4 is 37.6 Å². The summed E-state index contributed by atoms with van der Waals surface area (Å²) < 4.78 is 27.6. The van der Waals surface area contributed by atoms with Gasteiger partial charge in [0.05, 0.1) is 9.92 Å². The Morgan fingerprint density at radius 3 is 2.83 bits per heavy atom. The number of hydrogen-bond acceptors (Lipinski definition) is 3. The lowest BCUT2D eigenvalue weighted by molar-refractivity contribution is 0.428. The molecule has 18 heavy (non-hydrogen) atoms. The molecule has 0 radical (unpaired) electrons. The van der Waals surface area contributed by atoms with E-state index in [4.69, 9.17) is 11.6 Å². The topological polar surface area (TPSA) is 58.2 Å². The zero-order chi connectivity index (χ0) is 13.2. The predicted molar refractivity (Wildman–Crippen MR) is 75.4 cm³/mol. The summed E-state index contributed by atoms with van der Waals surface area (Å²) in [4.78, 5) is 0.226. The van der Waals surface area contributed by atoms with Gasteiger partial charge in [0.2, 0.25) is 10.0 Å². The lowest BCUT2D eigenvalue weighted by atomic mass is 10.1. The first-order valence-corrected chi connectivity index (χ1v) is 8.32. The van der Waals surface area contributed by atoms with Crippen LogP contribution in [0.4, 0.5) is 0 Å². The van der Waals surface area contributed by atoms with Crippen LogP contribution in [0, 0.1) is 0 Å². The van der Waals surface area contributed by atoms with Gasteiger partial charge in [-0.2, -0.15) is 0 Å². The van der Waals surface area contributed by atoms with E-state index in [1.165, 1.54) is 12.1 Å². The number of piperidine rings is 1. The molecule has 2 rings (SSSR count). The van der Waals surface area contributed by atoms with Gasteiger partial charge in [-0.3, -0.25) is 0 Å². The van der Waals surface area contributed by atoms with Crippen LogP contribution in [0.15, 0.2) is 27.6 Å². The van der Waals surface area contributed by atoms with Gasteiger partial charge in [-0.25, -0.2) is 13.1 Å². The van der Waals surface area contributed by atoms with Crippen molar-refractivity contribution in [3.63, 3.8) is 0 Å². The van der Waals surface area contributed by atoms with E-state index in [1.807, 2.05) is 0 Å². The fourth-order valence-electron chi connectivity index (χ4n) is 1.88. The Kier molecular flexibility index (Phi) is 4.66. The van der Waals surface area contributed by atoms with Crippen LogP contribution < -0.4 is 10.0 Å². The molecule has 1 aliphatic heterocycles. The van der Waals surface area contributed by atoms with E-state index < -0.39 is 10.0 Å². The van der Waals surface area contributed by atoms with Crippen molar-refractivity contribution in [1.82, 2.24) is 10.0 Å². The molecule has 1 heterocycles.